The molecule has 118 valence electrons. The molecule has 1 aliphatic heterocycles. The number of aryl methyl sites for hydroxylation is 2. The third-order valence-corrected chi connectivity index (χ3v) is 3.99. The number of nitrogens with one attached hydrogen (secondary N) is 1. The Bertz CT molecular complexity index is 660. The highest BCUT2D eigenvalue weighted by Crippen LogP contribution is 2.15. The summed E-state index contributed by atoms with van der Waals surface area (Å²) in [5.74, 6) is 1.84. The topological polar surface area (TPSA) is 90.5 Å². The Kier molecular flexibility index (Phi) is 4.17. The number of aromatic nitrogens is 6. The van der Waals surface area contributed by atoms with Crippen molar-refractivity contribution in [3.05, 3.63) is 23.8 Å². The summed E-state index contributed by atoms with van der Waals surface area (Å²) in [7, 11) is 0. The van der Waals surface area contributed by atoms with Crippen LogP contribution in [0.4, 0.5) is 0 Å². The number of carbonyl (C=O) groups is 1. The van der Waals surface area contributed by atoms with Crippen LogP contribution < -0.4 is 5.32 Å². The van der Waals surface area contributed by atoms with Crippen LogP contribution >= 0.6 is 0 Å². The lowest BCUT2D eigenvalue weighted by Gasteiger charge is -2.14. The second-order valence-corrected chi connectivity index (χ2v) is 5.53. The van der Waals surface area contributed by atoms with Crippen LogP contribution in [0, 0.1) is 0 Å². The second kappa shape index (κ2) is 6.25. The Morgan fingerprint density at radius 3 is 3.05 bits per heavy atom. The van der Waals surface area contributed by atoms with E-state index >= 15 is 0 Å². The quantitative estimate of drug-likeness (QED) is 0.913. The van der Waals surface area contributed by atoms with Gasteiger partial charge in [-0.05, 0) is 26.7 Å². The lowest BCUT2D eigenvalue weighted by molar-refractivity contribution is 0.0921. The number of rotatable bonds is 4. The van der Waals surface area contributed by atoms with Crippen molar-refractivity contribution in [3.63, 3.8) is 0 Å². The predicted octanol–water partition coefficient (Wildman–Crippen LogP) is 1.11. The Hall–Kier alpha value is -2.25. The van der Waals surface area contributed by atoms with E-state index in [-0.39, 0.29) is 11.9 Å². The number of fused-ring (bicyclic) bond motifs is 1. The van der Waals surface area contributed by atoms with Crippen LogP contribution in [0.1, 0.15) is 61.4 Å². The smallest absolute Gasteiger partial charge is 0.289 e. The van der Waals surface area contributed by atoms with Crippen molar-refractivity contribution >= 4 is 5.91 Å². The monoisotopic (exact) mass is 303 g/mol. The molecule has 0 saturated carbocycles. The maximum Gasteiger partial charge on any atom is 0.289 e. The van der Waals surface area contributed by atoms with E-state index in [1.807, 2.05) is 18.4 Å². The van der Waals surface area contributed by atoms with E-state index in [4.69, 9.17) is 0 Å². The summed E-state index contributed by atoms with van der Waals surface area (Å²) in [6.45, 7) is 5.42. The fourth-order valence-electron chi connectivity index (χ4n) is 2.83. The predicted molar refractivity (Wildman–Crippen MR) is 79.2 cm³/mol. The first-order chi connectivity index (χ1) is 10.7. The molecule has 0 fully saturated rings. The lowest BCUT2D eigenvalue weighted by Crippen LogP contribution is -2.31. The Labute approximate surface area is 128 Å². The summed E-state index contributed by atoms with van der Waals surface area (Å²) < 4.78 is 3.72. The van der Waals surface area contributed by atoms with Crippen molar-refractivity contribution in [1.82, 2.24) is 34.8 Å². The first kappa shape index (κ1) is 14.7. The largest absolute Gasteiger partial charge is 0.340 e. The maximum absolute atomic E-state index is 12.5. The van der Waals surface area contributed by atoms with Crippen molar-refractivity contribution in [1.29, 1.82) is 0 Å². The molecule has 1 aliphatic rings. The van der Waals surface area contributed by atoms with Gasteiger partial charge in [0.05, 0.1) is 6.04 Å². The molecule has 1 amide bonds. The van der Waals surface area contributed by atoms with E-state index in [9.17, 15) is 4.79 Å². The number of hydrogen-bond donors (Lipinski definition) is 1. The normalized spacial score (nSPS) is 15.9. The molecular formula is C14H21N7O. The fourth-order valence-corrected chi connectivity index (χ4v) is 2.83. The highest BCUT2D eigenvalue weighted by Gasteiger charge is 2.23. The van der Waals surface area contributed by atoms with Gasteiger partial charge < -0.3 is 9.88 Å². The van der Waals surface area contributed by atoms with Crippen molar-refractivity contribution < 1.29 is 4.79 Å². The van der Waals surface area contributed by atoms with Crippen LogP contribution in [0.3, 0.4) is 0 Å². The van der Waals surface area contributed by atoms with Gasteiger partial charge in [-0.3, -0.25) is 4.79 Å². The molecule has 2 aromatic heterocycles. The summed E-state index contributed by atoms with van der Waals surface area (Å²) in [5.41, 5.74) is 0. The molecule has 8 heteroatoms. The van der Waals surface area contributed by atoms with Crippen LogP contribution in [0.25, 0.3) is 0 Å². The summed E-state index contributed by atoms with van der Waals surface area (Å²) in [6.07, 6.45) is 5.73. The molecule has 0 aromatic carbocycles. The molecule has 0 saturated heterocycles. The fraction of sp³-hybridized carbons (Fsp3) is 0.643. The van der Waals surface area contributed by atoms with Crippen molar-refractivity contribution in [2.24, 2.45) is 0 Å². The van der Waals surface area contributed by atoms with Crippen molar-refractivity contribution in [2.45, 2.75) is 58.7 Å². The Balaban J connectivity index is 1.76. The molecule has 0 spiro atoms. The molecule has 0 aliphatic carbocycles. The van der Waals surface area contributed by atoms with Gasteiger partial charge in [0.25, 0.3) is 5.91 Å². The molecule has 1 atom stereocenters. The second-order valence-electron chi connectivity index (χ2n) is 5.53. The molecule has 8 nitrogen and oxygen atoms in total. The highest BCUT2D eigenvalue weighted by atomic mass is 16.2. The minimum atomic E-state index is -0.228. The van der Waals surface area contributed by atoms with Gasteiger partial charge >= 0.3 is 0 Å². The Morgan fingerprint density at radius 1 is 1.36 bits per heavy atom. The molecule has 0 bridgehead atoms. The van der Waals surface area contributed by atoms with Gasteiger partial charge in [-0.2, -0.15) is 5.10 Å². The zero-order valence-corrected chi connectivity index (χ0v) is 13.0. The summed E-state index contributed by atoms with van der Waals surface area (Å²) >= 11 is 0. The third kappa shape index (κ3) is 2.72. The standard InChI is InChI=1S/C14H21N7O/c1-3-21-12(15-9-16-21)10(2)17-14(22)13-19-18-11-7-5-4-6-8-20(11)13/h9-10H,3-8H2,1-2H3,(H,17,22)/t10-/m1/s1. The van der Waals surface area contributed by atoms with Crippen LogP contribution in [0.15, 0.2) is 6.33 Å². The highest BCUT2D eigenvalue weighted by molar-refractivity contribution is 5.90. The summed E-state index contributed by atoms with van der Waals surface area (Å²) in [5, 5.41) is 15.3. The molecule has 0 radical (unpaired) electrons. The van der Waals surface area contributed by atoms with E-state index in [1.165, 1.54) is 12.7 Å². The molecule has 3 rings (SSSR count). The van der Waals surface area contributed by atoms with Gasteiger partial charge in [0.2, 0.25) is 5.82 Å². The first-order valence-corrected chi connectivity index (χ1v) is 7.81. The van der Waals surface area contributed by atoms with Crippen LogP contribution in [0.5, 0.6) is 0 Å². The molecular weight excluding hydrogens is 282 g/mol. The third-order valence-electron chi connectivity index (χ3n) is 3.99. The van der Waals surface area contributed by atoms with Crippen LogP contribution in [-0.4, -0.2) is 35.4 Å². The Morgan fingerprint density at radius 2 is 2.23 bits per heavy atom. The number of carbonyl (C=O) groups excluding carboxylic acids is 1. The van der Waals surface area contributed by atoms with E-state index in [0.29, 0.717) is 5.82 Å². The zero-order valence-electron chi connectivity index (χ0n) is 13.0. The van der Waals surface area contributed by atoms with E-state index in [2.05, 4.69) is 25.6 Å². The molecule has 1 N–H and O–H groups in total. The number of hydrogen-bond acceptors (Lipinski definition) is 5. The van der Waals surface area contributed by atoms with Gasteiger partial charge in [-0.25, -0.2) is 9.67 Å². The minimum absolute atomic E-state index is 0.209. The molecule has 0 unspecified atom stereocenters. The first-order valence-electron chi connectivity index (χ1n) is 7.81. The average molecular weight is 303 g/mol. The maximum atomic E-state index is 12.5. The van der Waals surface area contributed by atoms with Crippen LogP contribution in [0.2, 0.25) is 0 Å². The van der Waals surface area contributed by atoms with Gasteiger partial charge in [0.15, 0.2) is 0 Å². The number of amides is 1. The minimum Gasteiger partial charge on any atom is -0.340 e. The zero-order chi connectivity index (χ0) is 15.5. The lowest BCUT2D eigenvalue weighted by atomic mass is 10.2. The van der Waals surface area contributed by atoms with Gasteiger partial charge in [0, 0.05) is 19.5 Å². The van der Waals surface area contributed by atoms with E-state index in [0.717, 1.165) is 44.0 Å². The number of nitrogens with zero attached hydrogens (tertiary/aromatic N) is 6. The SMILES string of the molecule is CCn1ncnc1[C@@H](C)NC(=O)c1nnc2n1CCCCC2. The molecule has 3 heterocycles. The summed E-state index contributed by atoms with van der Waals surface area (Å²) in [6, 6.07) is -0.228. The van der Waals surface area contributed by atoms with Gasteiger partial charge in [-0.15, -0.1) is 10.2 Å². The van der Waals surface area contributed by atoms with E-state index < -0.39 is 0 Å². The van der Waals surface area contributed by atoms with E-state index in [1.54, 1.807) is 4.68 Å². The summed E-state index contributed by atoms with van der Waals surface area (Å²) in [4.78, 5) is 16.7. The van der Waals surface area contributed by atoms with Crippen LogP contribution in [-0.2, 0) is 19.5 Å². The van der Waals surface area contributed by atoms with Gasteiger partial charge in [-0.1, -0.05) is 6.42 Å². The average Bonchev–Trinajstić information content (AvgIpc) is 3.08. The van der Waals surface area contributed by atoms with Crippen molar-refractivity contribution in [3.8, 4) is 0 Å². The molecule has 22 heavy (non-hydrogen) atoms. The molecule has 2 aromatic rings. The van der Waals surface area contributed by atoms with Gasteiger partial charge in [0.1, 0.15) is 18.0 Å². The van der Waals surface area contributed by atoms with Crippen molar-refractivity contribution in [2.75, 3.05) is 0 Å².